The standard InChI is InChI=1S/C20H15FN4O2/c1-13-7-8-15(23-11-13)12-24-19(26)17-6-3-9-22-18(17)25(20(24)27)16-5-2-4-14(21)10-16/h2-11H,12H2,1H3. The number of pyridine rings is 2. The maximum absolute atomic E-state index is 13.7. The van der Waals surface area contributed by atoms with E-state index in [1.54, 1.807) is 30.5 Å². The average Bonchev–Trinajstić information content (AvgIpc) is 2.67. The van der Waals surface area contributed by atoms with Crippen molar-refractivity contribution in [1.82, 2.24) is 19.1 Å². The SMILES string of the molecule is Cc1ccc(Cn2c(=O)c3cccnc3n(-c3cccc(F)c3)c2=O)nc1. The molecule has 0 atom stereocenters. The molecular weight excluding hydrogens is 347 g/mol. The molecule has 0 aliphatic carbocycles. The summed E-state index contributed by atoms with van der Waals surface area (Å²) in [6.45, 7) is 1.92. The molecule has 0 saturated carbocycles. The largest absolute Gasteiger partial charge is 0.337 e. The fraction of sp³-hybridized carbons (Fsp3) is 0.100. The normalized spacial score (nSPS) is 11.0. The molecule has 3 heterocycles. The summed E-state index contributed by atoms with van der Waals surface area (Å²) >= 11 is 0. The first-order valence-electron chi connectivity index (χ1n) is 8.32. The van der Waals surface area contributed by atoms with Gasteiger partial charge in [-0.15, -0.1) is 0 Å². The molecule has 3 aromatic heterocycles. The summed E-state index contributed by atoms with van der Waals surface area (Å²) in [5, 5.41) is 0.272. The number of halogens is 1. The topological polar surface area (TPSA) is 69.8 Å². The van der Waals surface area contributed by atoms with Gasteiger partial charge in [-0.2, -0.15) is 0 Å². The lowest BCUT2D eigenvalue weighted by Gasteiger charge is -2.13. The number of rotatable bonds is 3. The maximum atomic E-state index is 13.7. The van der Waals surface area contributed by atoms with E-state index in [-0.39, 0.29) is 17.6 Å². The third kappa shape index (κ3) is 3.03. The molecule has 27 heavy (non-hydrogen) atoms. The van der Waals surface area contributed by atoms with E-state index in [2.05, 4.69) is 9.97 Å². The zero-order valence-electron chi connectivity index (χ0n) is 14.5. The maximum Gasteiger partial charge on any atom is 0.337 e. The zero-order chi connectivity index (χ0) is 19.0. The predicted molar refractivity (Wildman–Crippen MR) is 99.6 cm³/mol. The minimum absolute atomic E-state index is 0.0120. The Morgan fingerprint density at radius 3 is 2.63 bits per heavy atom. The molecule has 0 spiro atoms. The molecular formula is C20H15FN4O2. The van der Waals surface area contributed by atoms with E-state index in [1.807, 2.05) is 13.0 Å². The van der Waals surface area contributed by atoms with Crippen LogP contribution in [0.4, 0.5) is 4.39 Å². The van der Waals surface area contributed by atoms with Crippen molar-refractivity contribution in [2.75, 3.05) is 0 Å². The lowest BCUT2D eigenvalue weighted by Crippen LogP contribution is -2.40. The van der Waals surface area contributed by atoms with Crippen LogP contribution in [0.5, 0.6) is 0 Å². The van der Waals surface area contributed by atoms with Crippen LogP contribution in [0, 0.1) is 12.7 Å². The van der Waals surface area contributed by atoms with Crippen LogP contribution in [-0.4, -0.2) is 19.1 Å². The van der Waals surface area contributed by atoms with E-state index in [9.17, 15) is 14.0 Å². The van der Waals surface area contributed by atoms with Gasteiger partial charge in [0.15, 0.2) is 5.65 Å². The van der Waals surface area contributed by atoms with Crippen molar-refractivity contribution in [1.29, 1.82) is 0 Å². The van der Waals surface area contributed by atoms with E-state index < -0.39 is 17.1 Å². The first-order chi connectivity index (χ1) is 13.0. The van der Waals surface area contributed by atoms with E-state index in [0.717, 1.165) is 10.1 Å². The van der Waals surface area contributed by atoms with Gasteiger partial charge in [0.25, 0.3) is 5.56 Å². The van der Waals surface area contributed by atoms with Crippen LogP contribution in [0.3, 0.4) is 0 Å². The van der Waals surface area contributed by atoms with Crippen molar-refractivity contribution in [3.63, 3.8) is 0 Å². The van der Waals surface area contributed by atoms with Gasteiger partial charge in [0.1, 0.15) is 5.82 Å². The molecule has 6 nitrogen and oxygen atoms in total. The highest BCUT2D eigenvalue weighted by Gasteiger charge is 2.16. The molecule has 0 radical (unpaired) electrons. The van der Waals surface area contributed by atoms with Crippen molar-refractivity contribution >= 4 is 11.0 Å². The van der Waals surface area contributed by atoms with Gasteiger partial charge in [0.05, 0.1) is 23.3 Å². The van der Waals surface area contributed by atoms with Gasteiger partial charge in [-0.1, -0.05) is 12.1 Å². The number of nitrogens with zero attached hydrogens (tertiary/aromatic N) is 4. The number of benzene rings is 1. The third-order valence-corrected chi connectivity index (χ3v) is 4.26. The quantitative estimate of drug-likeness (QED) is 0.561. The second-order valence-electron chi connectivity index (χ2n) is 6.19. The smallest absolute Gasteiger partial charge is 0.268 e. The Labute approximate surface area is 153 Å². The molecule has 4 aromatic rings. The minimum atomic E-state index is -0.598. The molecule has 1 aromatic carbocycles. The van der Waals surface area contributed by atoms with E-state index in [0.29, 0.717) is 11.4 Å². The second-order valence-corrected chi connectivity index (χ2v) is 6.19. The van der Waals surface area contributed by atoms with Crippen LogP contribution in [0.1, 0.15) is 11.3 Å². The Balaban J connectivity index is 2.01. The zero-order valence-corrected chi connectivity index (χ0v) is 14.5. The Kier molecular flexibility index (Phi) is 4.12. The molecule has 0 aliphatic rings. The average molecular weight is 362 g/mol. The van der Waals surface area contributed by atoms with Crippen LogP contribution in [0.2, 0.25) is 0 Å². The van der Waals surface area contributed by atoms with Crippen molar-refractivity contribution in [3.8, 4) is 5.69 Å². The van der Waals surface area contributed by atoms with Crippen LogP contribution in [0.25, 0.3) is 16.7 Å². The molecule has 0 aliphatic heterocycles. The van der Waals surface area contributed by atoms with Crippen molar-refractivity contribution < 1.29 is 4.39 Å². The van der Waals surface area contributed by atoms with Gasteiger partial charge >= 0.3 is 5.69 Å². The van der Waals surface area contributed by atoms with Gasteiger partial charge in [-0.25, -0.2) is 18.7 Å². The van der Waals surface area contributed by atoms with Crippen molar-refractivity contribution in [2.24, 2.45) is 0 Å². The number of aromatic nitrogens is 4. The Bertz CT molecular complexity index is 1260. The second kappa shape index (κ2) is 6.60. The summed E-state index contributed by atoms with van der Waals surface area (Å²) in [6.07, 6.45) is 3.16. The molecule has 0 amide bonds. The number of hydrogen-bond donors (Lipinski definition) is 0. The molecule has 0 saturated heterocycles. The summed E-state index contributed by atoms with van der Waals surface area (Å²) < 4.78 is 16.1. The first kappa shape index (κ1) is 16.8. The fourth-order valence-electron chi connectivity index (χ4n) is 2.93. The van der Waals surface area contributed by atoms with Crippen LogP contribution < -0.4 is 11.2 Å². The van der Waals surface area contributed by atoms with Gasteiger partial charge in [-0.05, 0) is 48.9 Å². The van der Waals surface area contributed by atoms with Crippen molar-refractivity contribution in [3.05, 3.63) is 98.8 Å². The highest BCUT2D eigenvalue weighted by atomic mass is 19.1. The molecule has 0 fully saturated rings. The number of aryl methyl sites for hydroxylation is 1. The van der Waals surface area contributed by atoms with E-state index >= 15 is 0 Å². The molecule has 0 N–H and O–H groups in total. The molecule has 7 heteroatoms. The summed E-state index contributed by atoms with van der Waals surface area (Å²) in [4.78, 5) is 34.5. The molecule has 0 bridgehead atoms. The van der Waals surface area contributed by atoms with Crippen molar-refractivity contribution in [2.45, 2.75) is 13.5 Å². The highest BCUT2D eigenvalue weighted by molar-refractivity contribution is 5.75. The predicted octanol–water partition coefficient (Wildman–Crippen LogP) is 2.44. The Morgan fingerprint density at radius 1 is 1.04 bits per heavy atom. The minimum Gasteiger partial charge on any atom is -0.268 e. The summed E-state index contributed by atoms with van der Waals surface area (Å²) in [5.74, 6) is -0.485. The molecule has 4 rings (SSSR count). The first-order valence-corrected chi connectivity index (χ1v) is 8.32. The number of hydrogen-bond acceptors (Lipinski definition) is 4. The van der Waals surface area contributed by atoms with Gasteiger partial charge < -0.3 is 0 Å². The molecule has 134 valence electrons. The summed E-state index contributed by atoms with van der Waals surface area (Å²) in [7, 11) is 0. The lowest BCUT2D eigenvalue weighted by molar-refractivity contribution is 0.624. The lowest BCUT2D eigenvalue weighted by atomic mass is 10.2. The summed E-state index contributed by atoms with van der Waals surface area (Å²) in [5.41, 5.74) is 0.984. The molecule has 0 unspecified atom stereocenters. The number of fused-ring (bicyclic) bond motifs is 1. The van der Waals surface area contributed by atoms with Crippen LogP contribution in [0.15, 0.2) is 70.5 Å². The Morgan fingerprint density at radius 2 is 1.89 bits per heavy atom. The van der Waals surface area contributed by atoms with Gasteiger partial charge in [0.2, 0.25) is 0 Å². The van der Waals surface area contributed by atoms with Gasteiger partial charge in [-0.3, -0.25) is 14.3 Å². The highest BCUT2D eigenvalue weighted by Crippen LogP contribution is 2.13. The third-order valence-electron chi connectivity index (χ3n) is 4.26. The summed E-state index contributed by atoms with van der Waals surface area (Å²) in [6, 6.07) is 12.5. The van der Waals surface area contributed by atoms with E-state index in [4.69, 9.17) is 0 Å². The monoisotopic (exact) mass is 362 g/mol. The Hall–Kier alpha value is -3.61. The van der Waals surface area contributed by atoms with E-state index in [1.165, 1.54) is 29.0 Å². The van der Waals surface area contributed by atoms with Crippen LogP contribution >= 0.6 is 0 Å². The van der Waals surface area contributed by atoms with Gasteiger partial charge in [0, 0.05) is 12.4 Å². The van der Waals surface area contributed by atoms with Crippen LogP contribution in [-0.2, 0) is 6.54 Å². The fourth-order valence-corrected chi connectivity index (χ4v) is 2.93.